The molecule has 0 heterocycles. The Morgan fingerprint density at radius 1 is 0.524 bits per heavy atom. The Kier molecular flexibility index (Phi) is 13.6. The first-order chi connectivity index (χ1) is 9.97. The van der Waals surface area contributed by atoms with E-state index in [0.29, 0.717) is 0 Å². The summed E-state index contributed by atoms with van der Waals surface area (Å²) in [5, 5.41) is 0. The average molecular weight is 297 g/mol. The second-order valence-corrected chi connectivity index (χ2v) is 8.14. The lowest BCUT2D eigenvalue weighted by Gasteiger charge is -2.15. The number of hydrogen-bond donors (Lipinski definition) is 0. The first-order valence-electron chi connectivity index (χ1n) is 9.97. The fourth-order valence-electron chi connectivity index (χ4n) is 3.17. The maximum absolute atomic E-state index is 2.46. The maximum Gasteiger partial charge on any atom is -0.0420 e. The van der Waals surface area contributed by atoms with Gasteiger partial charge in [-0.15, -0.1) is 0 Å². The number of unbranched alkanes of at least 4 members (excludes halogenated alkanes) is 4. The largest absolute Gasteiger partial charge is 0.0654 e. The molecular weight excluding hydrogens is 252 g/mol. The van der Waals surface area contributed by atoms with Crippen molar-refractivity contribution in [3.05, 3.63) is 0 Å². The van der Waals surface area contributed by atoms with Gasteiger partial charge < -0.3 is 0 Å². The molecule has 0 heteroatoms. The van der Waals surface area contributed by atoms with Crippen LogP contribution in [-0.2, 0) is 0 Å². The van der Waals surface area contributed by atoms with E-state index >= 15 is 0 Å². The van der Waals surface area contributed by atoms with Gasteiger partial charge in [0.15, 0.2) is 0 Å². The highest BCUT2D eigenvalue weighted by Crippen LogP contribution is 2.22. The second kappa shape index (κ2) is 13.6. The normalized spacial score (nSPS) is 16.1. The predicted octanol–water partition coefficient (Wildman–Crippen LogP) is 7.86. The van der Waals surface area contributed by atoms with Crippen molar-refractivity contribution in [2.75, 3.05) is 0 Å². The van der Waals surface area contributed by atoms with E-state index in [9.17, 15) is 0 Å². The van der Waals surface area contributed by atoms with Crippen LogP contribution >= 0.6 is 0 Å². The highest BCUT2D eigenvalue weighted by atomic mass is 14.1. The molecule has 0 spiro atoms. The highest BCUT2D eigenvalue weighted by Gasteiger charge is 2.07. The third kappa shape index (κ3) is 13.4. The third-order valence-electron chi connectivity index (χ3n) is 5.43. The summed E-state index contributed by atoms with van der Waals surface area (Å²) in [4.78, 5) is 0. The van der Waals surface area contributed by atoms with Crippen LogP contribution in [0, 0.1) is 23.7 Å². The van der Waals surface area contributed by atoms with Crippen molar-refractivity contribution in [2.45, 2.75) is 112 Å². The van der Waals surface area contributed by atoms with Gasteiger partial charge in [0.2, 0.25) is 0 Å². The Bertz CT molecular complexity index is 206. The fourth-order valence-corrected chi connectivity index (χ4v) is 3.17. The Balaban J connectivity index is 3.34. The van der Waals surface area contributed by atoms with Crippen LogP contribution < -0.4 is 0 Å². The molecule has 0 saturated heterocycles. The van der Waals surface area contributed by atoms with Crippen LogP contribution in [0.3, 0.4) is 0 Å². The quantitative estimate of drug-likeness (QED) is 0.286. The fraction of sp³-hybridized carbons (Fsp3) is 1.00. The van der Waals surface area contributed by atoms with E-state index in [-0.39, 0.29) is 0 Å². The van der Waals surface area contributed by atoms with Crippen molar-refractivity contribution < 1.29 is 0 Å². The molecule has 0 aliphatic rings. The van der Waals surface area contributed by atoms with Crippen LogP contribution in [0.5, 0.6) is 0 Å². The zero-order valence-electron chi connectivity index (χ0n) is 16.1. The average Bonchev–Trinajstić information content (AvgIpc) is 2.44. The molecule has 0 amide bonds. The zero-order chi connectivity index (χ0) is 16.1. The minimum Gasteiger partial charge on any atom is -0.0654 e. The van der Waals surface area contributed by atoms with Gasteiger partial charge in [-0.1, -0.05) is 112 Å². The molecule has 0 aromatic heterocycles. The first-order valence-corrected chi connectivity index (χ1v) is 9.97. The van der Waals surface area contributed by atoms with Crippen LogP contribution in [0.25, 0.3) is 0 Å². The molecular formula is C21H44. The predicted molar refractivity (Wildman–Crippen MR) is 98.8 cm³/mol. The molecule has 3 unspecified atom stereocenters. The Hall–Kier alpha value is 0. The molecule has 0 bridgehead atoms. The lowest BCUT2D eigenvalue weighted by Crippen LogP contribution is -2.03. The molecule has 0 saturated carbocycles. The monoisotopic (exact) mass is 296 g/mol. The van der Waals surface area contributed by atoms with E-state index in [4.69, 9.17) is 0 Å². The molecule has 0 aliphatic heterocycles. The summed E-state index contributed by atoms with van der Waals surface area (Å²) in [5.41, 5.74) is 0. The lowest BCUT2D eigenvalue weighted by molar-refractivity contribution is 0.369. The SMILES string of the molecule is CCCC(C)CCC(C)CCCCCCCC(C)C(C)C. The minimum absolute atomic E-state index is 0.862. The smallest absolute Gasteiger partial charge is 0.0420 e. The molecule has 3 atom stereocenters. The molecule has 0 N–H and O–H groups in total. The van der Waals surface area contributed by atoms with Crippen LogP contribution in [0.2, 0.25) is 0 Å². The number of hydrogen-bond acceptors (Lipinski definition) is 0. The van der Waals surface area contributed by atoms with Gasteiger partial charge in [0.05, 0.1) is 0 Å². The standard InChI is InChI=1S/C21H44/c1-7-13-19(4)16-17-20(5)14-11-9-8-10-12-15-21(6)18(2)3/h18-21H,7-17H2,1-6H3. The molecule has 0 aromatic carbocycles. The Labute approximate surface area is 136 Å². The van der Waals surface area contributed by atoms with E-state index in [0.717, 1.165) is 23.7 Å². The minimum atomic E-state index is 0.862. The molecule has 0 radical (unpaired) electrons. The molecule has 128 valence electrons. The van der Waals surface area contributed by atoms with Gasteiger partial charge in [0.1, 0.15) is 0 Å². The summed E-state index contributed by atoms with van der Waals surface area (Å²) in [5.74, 6) is 3.67. The van der Waals surface area contributed by atoms with Gasteiger partial charge in [0, 0.05) is 0 Å². The zero-order valence-corrected chi connectivity index (χ0v) is 16.1. The third-order valence-corrected chi connectivity index (χ3v) is 5.43. The van der Waals surface area contributed by atoms with Gasteiger partial charge in [-0.2, -0.15) is 0 Å². The summed E-state index contributed by atoms with van der Waals surface area (Å²) in [6, 6.07) is 0. The Morgan fingerprint density at radius 2 is 1.00 bits per heavy atom. The van der Waals surface area contributed by atoms with Crippen molar-refractivity contribution in [2.24, 2.45) is 23.7 Å². The van der Waals surface area contributed by atoms with Crippen molar-refractivity contribution in [1.29, 1.82) is 0 Å². The van der Waals surface area contributed by atoms with E-state index in [1.165, 1.54) is 70.6 Å². The van der Waals surface area contributed by atoms with Crippen LogP contribution in [0.15, 0.2) is 0 Å². The van der Waals surface area contributed by atoms with Gasteiger partial charge in [0.25, 0.3) is 0 Å². The first kappa shape index (κ1) is 21.0. The molecule has 0 rings (SSSR count). The lowest BCUT2D eigenvalue weighted by atomic mass is 9.91. The van der Waals surface area contributed by atoms with Crippen molar-refractivity contribution in [3.8, 4) is 0 Å². The van der Waals surface area contributed by atoms with Gasteiger partial charge >= 0.3 is 0 Å². The van der Waals surface area contributed by atoms with Crippen LogP contribution in [-0.4, -0.2) is 0 Å². The Morgan fingerprint density at radius 3 is 1.52 bits per heavy atom. The van der Waals surface area contributed by atoms with Gasteiger partial charge in [-0.3, -0.25) is 0 Å². The van der Waals surface area contributed by atoms with Gasteiger partial charge in [-0.05, 0) is 23.7 Å². The van der Waals surface area contributed by atoms with Crippen molar-refractivity contribution >= 4 is 0 Å². The summed E-state index contributed by atoms with van der Waals surface area (Å²) in [7, 11) is 0. The summed E-state index contributed by atoms with van der Waals surface area (Å²) in [6.45, 7) is 14.3. The van der Waals surface area contributed by atoms with Crippen LogP contribution in [0.1, 0.15) is 112 Å². The highest BCUT2D eigenvalue weighted by molar-refractivity contribution is 4.60. The summed E-state index contributed by atoms with van der Waals surface area (Å²) in [6.07, 6.45) is 15.9. The molecule has 21 heavy (non-hydrogen) atoms. The molecule has 0 fully saturated rings. The molecule has 0 aliphatic carbocycles. The van der Waals surface area contributed by atoms with Crippen molar-refractivity contribution in [3.63, 3.8) is 0 Å². The summed E-state index contributed by atoms with van der Waals surface area (Å²) >= 11 is 0. The van der Waals surface area contributed by atoms with Crippen LogP contribution in [0.4, 0.5) is 0 Å². The van der Waals surface area contributed by atoms with Crippen molar-refractivity contribution in [1.82, 2.24) is 0 Å². The molecule has 0 aromatic rings. The van der Waals surface area contributed by atoms with E-state index < -0.39 is 0 Å². The van der Waals surface area contributed by atoms with E-state index in [2.05, 4.69) is 41.5 Å². The topological polar surface area (TPSA) is 0 Å². The molecule has 0 nitrogen and oxygen atoms in total. The van der Waals surface area contributed by atoms with Gasteiger partial charge in [-0.25, -0.2) is 0 Å². The maximum atomic E-state index is 2.46. The van der Waals surface area contributed by atoms with E-state index in [1.54, 1.807) is 0 Å². The summed E-state index contributed by atoms with van der Waals surface area (Å²) < 4.78 is 0. The van der Waals surface area contributed by atoms with E-state index in [1.807, 2.05) is 0 Å². The number of rotatable bonds is 14. The second-order valence-electron chi connectivity index (χ2n) is 8.14.